The van der Waals surface area contributed by atoms with Gasteiger partial charge in [0, 0.05) is 79.8 Å². The van der Waals surface area contributed by atoms with E-state index in [-0.39, 0.29) is 12.2 Å². The maximum atomic E-state index is 6.60. The molecule has 41 heavy (non-hydrogen) atoms. The van der Waals surface area contributed by atoms with Gasteiger partial charge in [0.25, 0.3) is 0 Å². The highest BCUT2D eigenvalue weighted by atomic mass is 16.5. The normalized spacial score (nSPS) is 18.9. The number of fused-ring (bicyclic) bond motifs is 2. The van der Waals surface area contributed by atoms with Crippen LogP contribution in [0.15, 0.2) is 60.9 Å². The van der Waals surface area contributed by atoms with Crippen molar-refractivity contribution in [2.75, 3.05) is 62.3 Å². The molecule has 0 amide bonds. The lowest BCUT2D eigenvalue weighted by molar-refractivity contribution is -0.677. The highest BCUT2D eigenvalue weighted by molar-refractivity contribution is 5.88. The number of rotatable bonds is 8. The number of anilines is 2. The predicted octanol–water partition coefficient (Wildman–Crippen LogP) is 4.18. The smallest absolute Gasteiger partial charge is 0.216 e. The summed E-state index contributed by atoms with van der Waals surface area (Å²) in [6.45, 7) is 14.8. The fraction of sp³-hybridized carbons (Fsp3) is 0.455. The zero-order valence-electron chi connectivity index (χ0n) is 24.3. The summed E-state index contributed by atoms with van der Waals surface area (Å²) in [5, 5.41) is 5.62. The Morgan fingerprint density at radius 1 is 0.902 bits per heavy atom. The molecule has 0 aliphatic carbocycles. The molecule has 0 radical (unpaired) electrons. The van der Waals surface area contributed by atoms with Crippen molar-refractivity contribution in [2.24, 2.45) is 5.41 Å². The monoisotopic (exact) mass is 554 g/mol. The summed E-state index contributed by atoms with van der Waals surface area (Å²) >= 11 is 0. The predicted molar refractivity (Wildman–Crippen MR) is 162 cm³/mol. The Morgan fingerprint density at radius 3 is 2.39 bits per heavy atom. The molecule has 5 heterocycles. The van der Waals surface area contributed by atoms with Crippen LogP contribution < -0.4 is 29.2 Å². The van der Waals surface area contributed by atoms with E-state index in [1.165, 1.54) is 11.4 Å². The molecule has 1 atom stereocenters. The van der Waals surface area contributed by atoms with E-state index in [0.717, 1.165) is 85.8 Å². The van der Waals surface area contributed by atoms with Crippen LogP contribution >= 0.6 is 0 Å². The van der Waals surface area contributed by atoms with Gasteiger partial charge < -0.3 is 29.3 Å². The molecule has 3 fully saturated rings. The van der Waals surface area contributed by atoms with Gasteiger partial charge in [-0.1, -0.05) is 0 Å². The van der Waals surface area contributed by atoms with Crippen molar-refractivity contribution in [3.8, 4) is 11.5 Å². The molecule has 7 rings (SSSR count). The third-order valence-corrected chi connectivity index (χ3v) is 8.58. The number of nitrogens with one attached hydrogen (secondary N) is 1. The Bertz CT molecular complexity index is 1560. The molecular weight excluding hydrogens is 514 g/mol. The Kier molecular flexibility index (Phi) is 6.83. The van der Waals surface area contributed by atoms with Crippen LogP contribution in [0.2, 0.25) is 0 Å². The quantitative estimate of drug-likeness (QED) is 0.328. The minimum Gasteiger partial charge on any atom is -0.490 e. The second-order valence-corrected chi connectivity index (χ2v) is 12.2. The number of benzene rings is 2. The van der Waals surface area contributed by atoms with E-state index in [9.17, 15) is 0 Å². The van der Waals surface area contributed by atoms with Gasteiger partial charge in [-0.25, -0.2) is 0 Å². The van der Waals surface area contributed by atoms with Crippen molar-refractivity contribution >= 4 is 33.2 Å². The molecule has 2 aromatic carbocycles. The maximum Gasteiger partial charge on any atom is 0.216 e. The van der Waals surface area contributed by atoms with Gasteiger partial charge in [0.05, 0.1) is 30.2 Å². The standard InChI is InChI=1S/C33H40N5O3/c1-23(2)40-32-9-11-37(30-7-5-26(17-28(30)32)38-21-33(22-38)19-34-20-33)18-24(3)41-31-8-10-35-29-6-4-25(16-27(29)31)36-12-14-39-15-13-36/h4-11,16-17,23-24,34H,12-15,18-22H2,1-3H3/q+1. The summed E-state index contributed by atoms with van der Waals surface area (Å²) in [6.07, 6.45) is 4.01. The number of hydrogen-bond acceptors (Lipinski definition) is 7. The zero-order chi connectivity index (χ0) is 28.0. The second kappa shape index (κ2) is 10.7. The number of ether oxygens (including phenoxy) is 3. The Balaban J connectivity index is 1.14. The summed E-state index contributed by atoms with van der Waals surface area (Å²) < 4.78 is 20.7. The summed E-state index contributed by atoms with van der Waals surface area (Å²) in [6, 6.07) is 17.3. The van der Waals surface area contributed by atoms with E-state index in [0.29, 0.717) is 12.0 Å². The molecule has 1 spiro atoms. The number of hydrogen-bond donors (Lipinski definition) is 1. The first-order chi connectivity index (χ1) is 20.0. The molecule has 1 unspecified atom stereocenters. The second-order valence-electron chi connectivity index (χ2n) is 12.2. The van der Waals surface area contributed by atoms with Crippen molar-refractivity contribution < 1.29 is 18.8 Å². The summed E-state index contributed by atoms with van der Waals surface area (Å²) in [4.78, 5) is 9.45. The first-order valence-electron chi connectivity index (χ1n) is 14.9. The largest absolute Gasteiger partial charge is 0.490 e. The molecule has 4 aromatic rings. The SMILES string of the molecule is CC(C)Oc1cc[n+](CC(C)Oc2ccnc3ccc(N4CCOCC4)cc23)c2ccc(N3CC4(CNC4)C3)cc12. The molecule has 0 saturated carbocycles. The minimum atomic E-state index is -0.0567. The molecule has 1 N–H and O–H groups in total. The van der Waals surface area contributed by atoms with Crippen molar-refractivity contribution in [3.63, 3.8) is 0 Å². The van der Waals surface area contributed by atoms with Gasteiger partial charge in [0.2, 0.25) is 5.52 Å². The van der Waals surface area contributed by atoms with Crippen LogP contribution in [-0.4, -0.2) is 69.7 Å². The van der Waals surface area contributed by atoms with Crippen molar-refractivity contribution in [2.45, 2.75) is 39.5 Å². The first kappa shape index (κ1) is 26.3. The number of morpholine rings is 1. The van der Waals surface area contributed by atoms with Gasteiger partial charge in [-0.2, -0.15) is 4.57 Å². The lowest BCUT2D eigenvalue weighted by Crippen LogP contribution is -2.71. The molecule has 3 saturated heterocycles. The average Bonchev–Trinajstić information content (AvgIpc) is 2.93. The fourth-order valence-electron chi connectivity index (χ4n) is 6.42. The van der Waals surface area contributed by atoms with E-state index in [4.69, 9.17) is 14.2 Å². The average molecular weight is 555 g/mol. The Morgan fingerprint density at radius 2 is 1.63 bits per heavy atom. The molecule has 3 aliphatic heterocycles. The maximum absolute atomic E-state index is 6.60. The number of pyridine rings is 2. The highest BCUT2D eigenvalue weighted by Gasteiger charge is 2.47. The Labute approximate surface area is 241 Å². The summed E-state index contributed by atoms with van der Waals surface area (Å²) in [7, 11) is 0. The number of nitrogens with zero attached hydrogens (tertiary/aromatic N) is 4. The summed E-state index contributed by atoms with van der Waals surface area (Å²) in [5.74, 6) is 1.79. The van der Waals surface area contributed by atoms with E-state index in [1.807, 2.05) is 12.3 Å². The van der Waals surface area contributed by atoms with E-state index < -0.39 is 0 Å². The lowest BCUT2D eigenvalue weighted by atomic mass is 9.74. The van der Waals surface area contributed by atoms with Crippen LogP contribution in [-0.2, 0) is 11.3 Å². The van der Waals surface area contributed by atoms with Gasteiger partial charge in [-0.05, 0) is 57.2 Å². The molecule has 214 valence electrons. The van der Waals surface area contributed by atoms with Gasteiger partial charge in [-0.3, -0.25) is 4.98 Å². The van der Waals surface area contributed by atoms with Crippen molar-refractivity contribution in [1.29, 1.82) is 0 Å². The third-order valence-electron chi connectivity index (χ3n) is 8.58. The Hall–Kier alpha value is -3.62. The van der Waals surface area contributed by atoms with E-state index in [2.05, 4.69) is 94.1 Å². The van der Waals surface area contributed by atoms with E-state index in [1.54, 1.807) is 0 Å². The van der Waals surface area contributed by atoms with Crippen LogP contribution in [0.1, 0.15) is 20.8 Å². The van der Waals surface area contributed by atoms with Crippen LogP contribution in [0.5, 0.6) is 11.5 Å². The number of aromatic nitrogens is 2. The van der Waals surface area contributed by atoms with Crippen LogP contribution in [0.4, 0.5) is 11.4 Å². The van der Waals surface area contributed by atoms with Gasteiger partial charge >= 0.3 is 0 Å². The third kappa shape index (κ3) is 5.15. The molecular formula is C33H40N5O3+. The molecule has 0 bridgehead atoms. The topological polar surface area (TPSA) is 63.0 Å². The van der Waals surface area contributed by atoms with E-state index >= 15 is 0 Å². The van der Waals surface area contributed by atoms with Gasteiger partial charge in [0.15, 0.2) is 18.8 Å². The van der Waals surface area contributed by atoms with Crippen LogP contribution in [0, 0.1) is 5.41 Å². The lowest BCUT2D eigenvalue weighted by Gasteiger charge is -2.57. The van der Waals surface area contributed by atoms with Crippen LogP contribution in [0.3, 0.4) is 0 Å². The molecule has 8 heteroatoms. The molecule has 3 aliphatic rings. The van der Waals surface area contributed by atoms with Gasteiger partial charge in [0.1, 0.15) is 11.5 Å². The van der Waals surface area contributed by atoms with Gasteiger partial charge in [-0.15, -0.1) is 0 Å². The van der Waals surface area contributed by atoms with Crippen molar-refractivity contribution in [1.82, 2.24) is 10.3 Å². The summed E-state index contributed by atoms with van der Waals surface area (Å²) in [5.41, 5.74) is 5.03. The fourth-order valence-corrected chi connectivity index (χ4v) is 6.42. The van der Waals surface area contributed by atoms with Crippen molar-refractivity contribution in [3.05, 3.63) is 60.9 Å². The molecule has 8 nitrogen and oxygen atoms in total. The minimum absolute atomic E-state index is 0.0567. The highest BCUT2D eigenvalue weighted by Crippen LogP contribution is 2.39. The zero-order valence-corrected chi connectivity index (χ0v) is 24.3. The van der Waals surface area contributed by atoms with Crippen LogP contribution in [0.25, 0.3) is 21.8 Å². The first-order valence-corrected chi connectivity index (χ1v) is 14.9. The molecule has 2 aromatic heterocycles.